The molecule has 0 fully saturated rings. The molecular weight excluding hydrogens is 202 g/mol. The molecule has 0 aliphatic rings. The van der Waals surface area contributed by atoms with Gasteiger partial charge in [-0.1, -0.05) is 19.1 Å². The summed E-state index contributed by atoms with van der Waals surface area (Å²) < 4.78 is 25.4. The molecule has 0 atom stereocenters. The minimum absolute atomic E-state index is 0.157. The quantitative estimate of drug-likeness (QED) is 0.767. The molecule has 0 bridgehead atoms. The van der Waals surface area contributed by atoms with E-state index >= 15 is 0 Å². The largest absolute Gasteiger partial charge is 0.392 e. The molecule has 0 amide bonds. The Balaban J connectivity index is 3.07. The SMILES string of the molecule is CCNS(=O)(=O)c1cccc(CO)c1. The van der Waals surface area contributed by atoms with E-state index in [1.54, 1.807) is 19.1 Å². The highest BCUT2D eigenvalue weighted by molar-refractivity contribution is 7.89. The number of hydrogen-bond acceptors (Lipinski definition) is 3. The van der Waals surface area contributed by atoms with Crippen LogP contribution in [0.1, 0.15) is 12.5 Å². The van der Waals surface area contributed by atoms with Gasteiger partial charge >= 0.3 is 0 Å². The van der Waals surface area contributed by atoms with Gasteiger partial charge < -0.3 is 5.11 Å². The molecule has 1 aromatic rings. The Labute approximate surface area is 83.6 Å². The van der Waals surface area contributed by atoms with Crippen molar-refractivity contribution in [3.63, 3.8) is 0 Å². The molecule has 1 aromatic carbocycles. The van der Waals surface area contributed by atoms with Crippen LogP contribution in [-0.2, 0) is 16.6 Å². The zero-order valence-corrected chi connectivity index (χ0v) is 8.71. The summed E-state index contributed by atoms with van der Waals surface area (Å²) in [5, 5.41) is 8.84. The van der Waals surface area contributed by atoms with Gasteiger partial charge in [-0.15, -0.1) is 0 Å². The van der Waals surface area contributed by atoms with Crippen molar-refractivity contribution in [1.82, 2.24) is 4.72 Å². The Morgan fingerprint density at radius 3 is 2.71 bits per heavy atom. The molecule has 0 saturated carbocycles. The Morgan fingerprint density at radius 1 is 1.43 bits per heavy atom. The second kappa shape index (κ2) is 4.54. The number of hydrogen-bond donors (Lipinski definition) is 2. The van der Waals surface area contributed by atoms with Crippen molar-refractivity contribution in [2.75, 3.05) is 6.54 Å². The molecule has 0 saturated heterocycles. The Kier molecular flexibility index (Phi) is 3.62. The average molecular weight is 215 g/mol. The summed E-state index contributed by atoms with van der Waals surface area (Å²) in [4.78, 5) is 0.186. The topological polar surface area (TPSA) is 66.4 Å². The Hall–Kier alpha value is -0.910. The van der Waals surface area contributed by atoms with Crippen LogP contribution in [0.3, 0.4) is 0 Å². The Bertz CT molecular complexity index is 400. The van der Waals surface area contributed by atoms with Gasteiger partial charge in [-0.3, -0.25) is 0 Å². The summed E-state index contributed by atoms with van der Waals surface area (Å²) in [5.41, 5.74) is 0.587. The fourth-order valence-electron chi connectivity index (χ4n) is 1.08. The van der Waals surface area contributed by atoms with E-state index in [-0.39, 0.29) is 11.5 Å². The predicted molar refractivity (Wildman–Crippen MR) is 53.2 cm³/mol. The van der Waals surface area contributed by atoms with E-state index in [9.17, 15) is 8.42 Å². The number of sulfonamides is 1. The average Bonchev–Trinajstić information content (AvgIpc) is 2.18. The van der Waals surface area contributed by atoms with E-state index in [0.29, 0.717) is 12.1 Å². The fourth-order valence-corrected chi connectivity index (χ4v) is 2.20. The van der Waals surface area contributed by atoms with Crippen LogP contribution in [0.5, 0.6) is 0 Å². The molecule has 5 heteroatoms. The maximum Gasteiger partial charge on any atom is 0.240 e. The monoisotopic (exact) mass is 215 g/mol. The van der Waals surface area contributed by atoms with E-state index in [0.717, 1.165) is 0 Å². The van der Waals surface area contributed by atoms with Gasteiger partial charge in [0.25, 0.3) is 0 Å². The van der Waals surface area contributed by atoms with E-state index < -0.39 is 10.0 Å². The molecule has 78 valence electrons. The number of rotatable bonds is 4. The summed E-state index contributed by atoms with van der Waals surface area (Å²) in [5.74, 6) is 0. The first kappa shape index (κ1) is 11.2. The van der Waals surface area contributed by atoms with Gasteiger partial charge in [-0.05, 0) is 17.7 Å². The lowest BCUT2D eigenvalue weighted by Gasteiger charge is -2.05. The van der Waals surface area contributed by atoms with Crippen molar-refractivity contribution >= 4 is 10.0 Å². The zero-order chi connectivity index (χ0) is 10.6. The normalized spacial score (nSPS) is 11.6. The lowest BCUT2D eigenvalue weighted by atomic mass is 10.2. The van der Waals surface area contributed by atoms with Crippen LogP contribution in [0.15, 0.2) is 29.2 Å². The highest BCUT2D eigenvalue weighted by Crippen LogP contribution is 2.10. The Morgan fingerprint density at radius 2 is 2.14 bits per heavy atom. The van der Waals surface area contributed by atoms with E-state index in [4.69, 9.17) is 5.11 Å². The third-order valence-electron chi connectivity index (χ3n) is 1.73. The first-order valence-electron chi connectivity index (χ1n) is 4.29. The smallest absolute Gasteiger partial charge is 0.240 e. The summed E-state index contributed by atoms with van der Waals surface area (Å²) >= 11 is 0. The zero-order valence-electron chi connectivity index (χ0n) is 7.90. The van der Waals surface area contributed by atoms with Crippen LogP contribution >= 0.6 is 0 Å². The number of benzene rings is 1. The summed E-state index contributed by atoms with van der Waals surface area (Å²) in [6.45, 7) is 1.91. The maximum atomic E-state index is 11.5. The van der Waals surface area contributed by atoms with Crippen LogP contribution in [-0.4, -0.2) is 20.1 Å². The lowest BCUT2D eigenvalue weighted by Crippen LogP contribution is -2.23. The van der Waals surface area contributed by atoms with Crippen molar-refractivity contribution in [3.05, 3.63) is 29.8 Å². The maximum absolute atomic E-state index is 11.5. The van der Waals surface area contributed by atoms with Gasteiger partial charge in [-0.25, -0.2) is 13.1 Å². The summed E-state index contributed by atoms with van der Waals surface area (Å²) in [6, 6.07) is 6.23. The van der Waals surface area contributed by atoms with Gasteiger partial charge in [0.1, 0.15) is 0 Å². The van der Waals surface area contributed by atoms with E-state index in [1.807, 2.05) is 0 Å². The third kappa shape index (κ3) is 2.54. The molecule has 0 heterocycles. The molecule has 0 aliphatic heterocycles. The molecule has 0 aliphatic carbocycles. The summed E-state index contributed by atoms with van der Waals surface area (Å²) in [7, 11) is -3.40. The highest BCUT2D eigenvalue weighted by Gasteiger charge is 2.11. The van der Waals surface area contributed by atoms with Gasteiger partial charge in [-0.2, -0.15) is 0 Å². The summed E-state index contributed by atoms with van der Waals surface area (Å²) in [6.07, 6.45) is 0. The van der Waals surface area contributed by atoms with Crippen LogP contribution < -0.4 is 4.72 Å². The number of nitrogens with one attached hydrogen (secondary N) is 1. The first-order valence-corrected chi connectivity index (χ1v) is 5.78. The molecule has 0 radical (unpaired) electrons. The van der Waals surface area contributed by atoms with Crippen LogP contribution in [0.25, 0.3) is 0 Å². The van der Waals surface area contributed by atoms with Gasteiger partial charge in [0.2, 0.25) is 10.0 Å². The van der Waals surface area contributed by atoms with Crippen molar-refractivity contribution in [3.8, 4) is 0 Å². The molecule has 0 aromatic heterocycles. The predicted octanol–water partition coefficient (Wildman–Crippen LogP) is 0.477. The van der Waals surface area contributed by atoms with Crippen molar-refractivity contribution < 1.29 is 13.5 Å². The van der Waals surface area contributed by atoms with Crippen LogP contribution in [0, 0.1) is 0 Å². The van der Waals surface area contributed by atoms with Gasteiger partial charge in [0.15, 0.2) is 0 Å². The first-order chi connectivity index (χ1) is 6.60. The van der Waals surface area contributed by atoms with E-state index in [2.05, 4.69) is 4.72 Å². The minimum Gasteiger partial charge on any atom is -0.392 e. The van der Waals surface area contributed by atoms with Crippen LogP contribution in [0.2, 0.25) is 0 Å². The van der Waals surface area contributed by atoms with Gasteiger partial charge in [0.05, 0.1) is 11.5 Å². The molecule has 4 nitrogen and oxygen atoms in total. The molecular formula is C9H13NO3S. The molecule has 14 heavy (non-hydrogen) atoms. The fraction of sp³-hybridized carbons (Fsp3) is 0.333. The molecule has 0 spiro atoms. The molecule has 0 unspecified atom stereocenters. The van der Waals surface area contributed by atoms with Gasteiger partial charge in [0, 0.05) is 6.54 Å². The number of aliphatic hydroxyl groups is 1. The standard InChI is InChI=1S/C9H13NO3S/c1-2-10-14(12,13)9-5-3-4-8(6-9)7-11/h3-6,10-11H,2,7H2,1H3. The van der Waals surface area contributed by atoms with Crippen molar-refractivity contribution in [2.24, 2.45) is 0 Å². The number of aliphatic hydroxyl groups excluding tert-OH is 1. The van der Waals surface area contributed by atoms with E-state index in [1.165, 1.54) is 12.1 Å². The highest BCUT2D eigenvalue weighted by atomic mass is 32.2. The minimum atomic E-state index is -3.40. The van der Waals surface area contributed by atoms with Crippen LogP contribution in [0.4, 0.5) is 0 Å². The molecule has 2 N–H and O–H groups in total. The second-order valence-corrected chi connectivity index (χ2v) is 4.57. The van der Waals surface area contributed by atoms with Crippen molar-refractivity contribution in [1.29, 1.82) is 0 Å². The third-order valence-corrected chi connectivity index (χ3v) is 3.27. The second-order valence-electron chi connectivity index (χ2n) is 2.81. The molecule has 1 rings (SSSR count). The van der Waals surface area contributed by atoms with Crippen molar-refractivity contribution in [2.45, 2.75) is 18.4 Å². The lowest BCUT2D eigenvalue weighted by molar-refractivity contribution is 0.281.